The van der Waals surface area contributed by atoms with E-state index in [0.717, 1.165) is 12.2 Å². The van der Waals surface area contributed by atoms with Crippen molar-refractivity contribution in [3.63, 3.8) is 0 Å². The molecule has 1 aromatic rings. The minimum absolute atomic E-state index is 0.0608. The molecule has 0 saturated heterocycles. The SMILES string of the molecule is COc1ccc([C@H]2NN=C3[C@@H]2C[C@H]2[C@@H]4CCC5=CC(=O)C=C[C@]5(C)[C@H]4CC[C@]32C)cc1. The largest absolute Gasteiger partial charge is 0.497 e. The summed E-state index contributed by atoms with van der Waals surface area (Å²) in [6, 6.07) is 8.75. The predicted molar refractivity (Wildman–Crippen MR) is 122 cm³/mol. The van der Waals surface area contributed by atoms with Crippen LogP contribution in [0.25, 0.3) is 0 Å². The number of ketones is 1. The second kappa shape index (κ2) is 6.57. The van der Waals surface area contributed by atoms with Gasteiger partial charge >= 0.3 is 0 Å². The lowest BCUT2D eigenvalue weighted by molar-refractivity contribution is -0.111. The van der Waals surface area contributed by atoms with Crippen LogP contribution in [-0.4, -0.2) is 18.6 Å². The molecule has 0 bridgehead atoms. The van der Waals surface area contributed by atoms with Gasteiger partial charge in [-0.15, -0.1) is 0 Å². The van der Waals surface area contributed by atoms with Crippen LogP contribution in [0.1, 0.15) is 57.6 Å². The molecule has 31 heavy (non-hydrogen) atoms. The van der Waals surface area contributed by atoms with Gasteiger partial charge in [-0.25, -0.2) is 0 Å². The number of hydrazone groups is 1. The highest BCUT2D eigenvalue weighted by atomic mass is 16.5. The lowest BCUT2D eigenvalue weighted by atomic mass is 9.48. The summed E-state index contributed by atoms with van der Waals surface area (Å²) in [7, 11) is 1.71. The van der Waals surface area contributed by atoms with Gasteiger partial charge in [-0.1, -0.05) is 37.6 Å². The monoisotopic (exact) mass is 416 g/mol. The Morgan fingerprint density at radius 1 is 1.13 bits per heavy atom. The Morgan fingerprint density at radius 2 is 1.94 bits per heavy atom. The highest BCUT2D eigenvalue weighted by Gasteiger charge is 2.62. The van der Waals surface area contributed by atoms with E-state index in [1.54, 1.807) is 7.11 Å². The van der Waals surface area contributed by atoms with Gasteiger partial charge in [-0.2, -0.15) is 5.10 Å². The molecule has 4 heteroatoms. The van der Waals surface area contributed by atoms with Crippen LogP contribution in [0, 0.1) is 34.5 Å². The fraction of sp³-hybridized carbons (Fsp3) is 0.556. The molecule has 1 aromatic carbocycles. The molecule has 0 amide bonds. The molecule has 6 rings (SSSR count). The summed E-state index contributed by atoms with van der Waals surface area (Å²) >= 11 is 0. The number of allylic oxidation sites excluding steroid dienone is 4. The average Bonchev–Trinajstić information content (AvgIpc) is 3.32. The molecular weight excluding hydrogens is 384 g/mol. The summed E-state index contributed by atoms with van der Waals surface area (Å²) < 4.78 is 5.35. The third-order valence-electron chi connectivity index (χ3n) is 9.59. The Balaban J connectivity index is 1.31. The van der Waals surface area contributed by atoms with Crippen LogP contribution in [0.3, 0.4) is 0 Å². The number of hydrogen-bond acceptors (Lipinski definition) is 4. The van der Waals surface area contributed by atoms with Crippen molar-refractivity contribution in [1.82, 2.24) is 5.43 Å². The topological polar surface area (TPSA) is 50.7 Å². The molecule has 4 nitrogen and oxygen atoms in total. The van der Waals surface area contributed by atoms with Crippen molar-refractivity contribution in [2.45, 2.75) is 52.0 Å². The average molecular weight is 417 g/mol. The first-order valence-corrected chi connectivity index (χ1v) is 11.9. The molecule has 1 N–H and O–H groups in total. The smallest absolute Gasteiger partial charge is 0.178 e. The molecule has 0 unspecified atom stereocenters. The first kappa shape index (κ1) is 19.3. The normalized spacial score (nSPS) is 42.5. The lowest BCUT2D eigenvalue weighted by Crippen LogP contribution is -2.49. The molecule has 4 aliphatic carbocycles. The lowest BCUT2D eigenvalue weighted by Gasteiger charge is -2.56. The van der Waals surface area contributed by atoms with E-state index in [1.165, 1.54) is 42.5 Å². The van der Waals surface area contributed by atoms with Crippen LogP contribution in [0.2, 0.25) is 0 Å². The molecule has 3 saturated carbocycles. The maximum absolute atomic E-state index is 12.0. The standard InChI is InChI=1S/C27H32N2O2/c1-26-12-10-18(30)14-17(26)6-9-20-22(26)11-13-27(2)23(20)15-21-24(28-29-25(21)27)16-4-7-19(31-3)8-5-16/h4-5,7-8,10,12,14,20-24,28H,6,9,11,13,15H2,1-3H3/t20-,21-,22+,23+,24-,26+,27+/m1/s1. The Labute approximate surface area is 184 Å². The molecule has 0 spiro atoms. The summed E-state index contributed by atoms with van der Waals surface area (Å²) in [5, 5.41) is 4.97. The van der Waals surface area contributed by atoms with Gasteiger partial charge in [0.2, 0.25) is 0 Å². The van der Waals surface area contributed by atoms with Crippen molar-refractivity contribution < 1.29 is 9.53 Å². The van der Waals surface area contributed by atoms with Crippen molar-refractivity contribution in [3.05, 3.63) is 53.6 Å². The van der Waals surface area contributed by atoms with Gasteiger partial charge in [0.15, 0.2) is 5.78 Å². The summed E-state index contributed by atoms with van der Waals surface area (Å²) in [5.41, 5.74) is 7.84. The van der Waals surface area contributed by atoms with E-state index in [-0.39, 0.29) is 22.7 Å². The van der Waals surface area contributed by atoms with Gasteiger partial charge in [0.25, 0.3) is 0 Å². The zero-order chi connectivity index (χ0) is 21.4. The Morgan fingerprint density at radius 3 is 2.71 bits per heavy atom. The van der Waals surface area contributed by atoms with Crippen molar-refractivity contribution in [2.75, 3.05) is 7.11 Å². The third kappa shape index (κ3) is 2.60. The number of carbonyl (C=O) groups is 1. The quantitative estimate of drug-likeness (QED) is 0.718. The molecule has 5 aliphatic rings. The van der Waals surface area contributed by atoms with E-state index >= 15 is 0 Å². The van der Waals surface area contributed by atoms with E-state index < -0.39 is 0 Å². The van der Waals surface area contributed by atoms with Gasteiger partial charge in [-0.05, 0) is 79.7 Å². The van der Waals surface area contributed by atoms with E-state index in [0.29, 0.717) is 23.7 Å². The van der Waals surface area contributed by atoms with Crippen LogP contribution in [0.5, 0.6) is 5.75 Å². The minimum Gasteiger partial charge on any atom is -0.497 e. The van der Waals surface area contributed by atoms with Gasteiger partial charge in [0.1, 0.15) is 5.75 Å². The number of hydrogen-bond donors (Lipinski definition) is 1. The fourth-order valence-electron chi connectivity index (χ4n) is 7.93. The third-order valence-corrected chi connectivity index (χ3v) is 9.59. The number of rotatable bonds is 2. The first-order valence-electron chi connectivity index (χ1n) is 11.9. The number of benzene rings is 1. The van der Waals surface area contributed by atoms with Gasteiger partial charge in [0, 0.05) is 22.5 Å². The number of fused-ring (bicyclic) bond motifs is 7. The Hall–Kier alpha value is -2.36. The predicted octanol–water partition coefficient (Wildman–Crippen LogP) is 5.23. The maximum atomic E-state index is 12.0. The summed E-state index contributed by atoms with van der Waals surface area (Å²) in [6.07, 6.45) is 11.9. The van der Waals surface area contributed by atoms with Crippen LogP contribution in [0.4, 0.5) is 0 Å². The molecule has 0 aromatic heterocycles. The van der Waals surface area contributed by atoms with Crippen LogP contribution in [0.15, 0.2) is 53.2 Å². The molecule has 1 aliphatic heterocycles. The minimum atomic E-state index is 0.0608. The summed E-state index contributed by atoms with van der Waals surface area (Å²) in [6.45, 7) is 4.87. The highest BCUT2D eigenvalue weighted by Crippen LogP contribution is 2.66. The van der Waals surface area contributed by atoms with Crippen molar-refractivity contribution >= 4 is 11.5 Å². The maximum Gasteiger partial charge on any atom is 0.178 e. The zero-order valence-corrected chi connectivity index (χ0v) is 18.7. The highest BCUT2D eigenvalue weighted by molar-refractivity contribution is 6.01. The number of carbonyl (C=O) groups excluding carboxylic acids is 1. The zero-order valence-electron chi connectivity index (χ0n) is 18.7. The molecule has 1 heterocycles. The second-order valence-electron chi connectivity index (χ2n) is 10.8. The molecular formula is C27H32N2O2. The van der Waals surface area contributed by atoms with Crippen molar-refractivity contribution in [3.8, 4) is 5.75 Å². The van der Waals surface area contributed by atoms with Crippen LogP contribution in [-0.2, 0) is 4.79 Å². The number of ether oxygens (including phenoxy) is 1. The van der Waals surface area contributed by atoms with Crippen molar-refractivity contribution in [2.24, 2.45) is 39.6 Å². The molecule has 162 valence electrons. The number of nitrogens with one attached hydrogen (secondary N) is 1. The Bertz CT molecular complexity index is 1020. The van der Waals surface area contributed by atoms with Crippen LogP contribution >= 0.6 is 0 Å². The van der Waals surface area contributed by atoms with Crippen LogP contribution < -0.4 is 10.2 Å². The Kier molecular flexibility index (Phi) is 4.10. The van der Waals surface area contributed by atoms with Gasteiger partial charge < -0.3 is 10.2 Å². The number of methoxy groups -OCH3 is 1. The van der Waals surface area contributed by atoms with Crippen molar-refractivity contribution in [1.29, 1.82) is 0 Å². The second-order valence-corrected chi connectivity index (χ2v) is 10.8. The van der Waals surface area contributed by atoms with Gasteiger partial charge in [0.05, 0.1) is 13.2 Å². The van der Waals surface area contributed by atoms with Gasteiger partial charge in [-0.3, -0.25) is 4.79 Å². The molecule has 7 atom stereocenters. The van der Waals surface area contributed by atoms with E-state index in [4.69, 9.17) is 9.84 Å². The van der Waals surface area contributed by atoms with E-state index in [1.807, 2.05) is 12.2 Å². The number of nitrogens with zero attached hydrogens (tertiary/aromatic N) is 1. The summed E-state index contributed by atoms with van der Waals surface area (Å²) in [4.78, 5) is 12.0. The molecule has 3 fully saturated rings. The summed E-state index contributed by atoms with van der Waals surface area (Å²) in [5.74, 6) is 3.59. The molecule has 0 radical (unpaired) electrons. The fourth-order valence-corrected chi connectivity index (χ4v) is 7.93. The van der Waals surface area contributed by atoms with E-state index in [9.17, 15) is 4.79 Å². The first-order chi connectivity index (χ1) is 14.9. The van der Waals surface area contributed by atoms with E-state index in [2.05, 4.69) is 49.6 Å².